The van der Waals surface area contributed by atoms with Gasteiger partial charge in [0.05, 0.1) is 16.7 Å². The monoisotopic (exact) mass is 475 g/mol. The van der Waals surface area contributed by atoms with E-state index in [0.29, 0.717) is 46.0 Å². The van der Waals surface area contributed by atoms with Crippen LogP contribution in [-0.4, -0.2) is 20.3 Å². The molecule has 0 N–H and O–H groups in total. The van der Waals surface area contributed by atoms with Gasteiger partial charge in [-0.05, 0) is 11.1 Å². The van der Waals surface area contributed by atoms with Gasteiger partial charge >= 0.3 is 5.97 Å². The van der Waals surface area contributed by atoms with Crippen LogP contribution >= 0.6 is 0 Å². The van der Waals surface area contributed by atoms with Gasteiger partial charge in [-0.2, -0.15) is 0 Å². The lowest BCUT2D eigenvalue weighted by molar-refractivity contribution is -0.132. The Hall–Kier alpha value is -4.58. The van der Waals surface area contributed by atoms with Gasteiger partial charge in [-0.1, -0.05) is 84.9 Å². The second kappa shape index (κ2) is 8.89. The second-order valence-electron chi connectivity index (χ2n) is 8.77. The molecule has 2 heterocycles. The number of benzene rings is 4. The van der Waals surface area contributed by atoms with Crippen molar-refractivity contribution in [1.82, 2.24) is 14.4 Å². The summed E-state index contributed by atoms with van der Waals surface area (Å²) in [5.41, 5.74) is 5.07. The topological polar surface area (TPSA) is 56.5 Å². The molecule has 0 radical (unpaired) electrons. The second-order valence-corrected chi connectivity index (χ2v) is 8.77. The molecule has 0 amide bonds. The zero-order valence-corrected chi connectivity index (χ0v) is 19.6. The smallest absolute Gasteiger partial charge is 0.309 e. The highest BCUT2D eigenvalue weighted by atomic mass is 19.1. The van der Waals surface area contributed by atoms with E-state index in [0.717, 1.165) is 16.8 Å². The lowest BCUT2D eigenvalue weighted by Crippen LogP contribution is -2.08. The first kappa shape index (κ1) is 21.9. The number of aromatic nitrogens is 3. The molecule has 0 saturated carbocycles. The number of halogens is 1. The quantitative estimate of drug-likeness (QED) is 0.217. The Morgan fingerprint density at radius 3 is 2.03 bits per heavy atom. The van der Waals surface area contributed by atoms with Crippen molar-refractivity contribution < 1.29 is 13.9 Å². The van der Waals surface area contributed by atoms with Crippen molar-refractivity contribution in [2.45, 2.75) is 19.8 Å². The predicted octanol–water partition coefficient (Wildman–Crippen LogP) is 6.28. The first-order valence-corrected chi connectivity index (χ1v) is 11.8. The fraction of sp³-hybridized carbons (Fsp3) is 0.100. The molecule has 6 heteroatoms. The van der Waals surface area contributed by atoms with Crippen molar-refractivity contribution in [2.75, 3.05) is 0 Å². The number of carbonyl (C=O) groups is 1. The third-order valence-electron chi connectivity index (χ3n) is 6.26. The summed E-state index contributed by atoms with van der Waals surface area (Å²) in [6.45, 7) is 1.36. The highest BCUT2D eigenvalue weighted by Crippen LogP contribution is 2.34. The van der Waals surface area contributed by atoms with Crippen LogP contribution in [0.2, 0.25) is 0 Å². The fourth-order valence-corrected chi connectivity index (χ4v) is 4.70. The number of fused-ring (bicyclic) bond motifs is 5. The number of ether oxygens (including phenoxy) is 1. The zero-order chi connectivity index (χ0) is 24.6. The Morgan fingerprint density at radius 2 is 1.39 bits per heavy atom. The van der Waals surface area contributed by atoms with Crippen LogP contribution in [0.25, 0.3) is 27.5 Å². The van der Waals surface area contributed by atoms with Crippen molar-refractivity contribution in [3.05, 3.63) is 119 Å². The fourth-order valence-electron chi connectivity index (χ4n) is 4.70. The number of nitrogens with zero attached hydrogens (tertiary/aromatic N) is 3. The molecule has 0 aliphatic rings. The summed E-state index contributed by atoms with van der Waals surface area (Å²) in [6, 6.07) is 28.6. The van der Waals surface area contributed by atoms with Crippen LogP contribution in [-0.2, 0) is 17.6 Å². The van der Waals surface area contributed by atoms with Crippen molar-refractivity contribution in [3.63, 3.8) is 0 Å². The minimum Gasteiger partial charge on any atom is -0.407 e. The van der Waals surface area contributed by atoms with Gasteiger partial charge in [-0.3, -0.25) is 9.20 Å². The minimum absolute atomic E-state index is 0.290. The molecule has 0 aliphatic carbocycles. The molecule has 0 fully saturated rings. The number of rotatable bonds is 5. The van der Waals surface area contributed by atoms with E-state index < -0.39 is 5.97 Å². The van der Waals surface area contributed by atoms with Gasteiger partial charge in [0, 0.05) is 36.6 Å². The van der Waals surface area contributed by atoms with E-state index in [1.54, 1.807) is 16.5 Å². The summed E-state index contributed by atoms with van der Waals surface area (Å²) < 4.78 is 22.8. The molecule has 6 aromatic rings. The summed E-state index contributed by atoms with van der Waals surface area (Å²) in [6.07, 6.45) is 0.973. The number of hydrogen-bond donors (Lipinski definition) is 0. The van der Waals surface area contributed by atoms with Gasteiger partial charge in [0.15, 0.2) is 5.65 Å². The summed E-state index contributed by atoms with van der Waals surface area (Å²) in [4.78, 5) is 22.1. The summed E-state index contributed by atoms with van der Waals surface area (Å²) in [7, 11) is 0. The molecule has 6 rings (SSSR count). The molecule has 0 unspecified atom stereocenters. The average Bonchev–Trinajstić information content (AvgIpc) is 3.24. The van der Waals surface area contributed by atoms with Crippen molar-refractivity contribution >= 4 is 33.4 Å². The molecule has 0 spiro atoms. The normalized spacial score (nSPS) is 11.4. The standard InChI is InChI=1S/C30H22FN3O2/c1-19(35)36-30-26(17-21-12-6-3-7-13-21)33-29-25(16-20-10-4-2-5-11-20)32-28-23-15-9-8-14-22(23)24(31)18-27(28)34(29)30/h2-15,18H,16-17H2,1H3. The first-order valence-electron chi connectivity index (χ1n) is 11.8. The molecule has 2 aromatic heterocycles. The molecule has 0 saturated heterocycles. The van der Waals surface area contributed by atoms with Gasteiger partial charge < -0.3 is 4.74 Å². The van der Waals surface area contributed by atoms with E-state index in [-0.39, 0.29) is 11.7 Å². The highest BCUT2D eigenvalue weighted by molar-refractivity contribution is 6.05. The molecule has 0 aliphatic heterocycles. The van der Waals surface area contributed by atoms with E-state index in [1.165, 1.54) is 13.0 Å². The van der Waals surface area contributed by atoms with Gasteiger partial charge in [0.1, 0.15) is 11.5 Å². The van der Waals surface area contributed by atoms with Gasteiger partial charge in [0.25, 0.3) is 0 Å². The third-order valence-corrected chi connectivity index (χ3v) is 6.26. The number of esters is 1. The Kier molecular flexibility index (Phi) is 5.41. The Bertz CT molecular complexity index is 1750. The molecule has 0 atom stereocenters. The summed E-state index contributed by atoms with van der Waals surface area (Å²) in [5.74, 6) is -0.552. The molecule has 0 bridgehead atoms. The lowest BCUT2D eigenvalue weighted by Gasteiger charge is -2.12. The van der Waals surface area contributed by atoms with Crippen LogP contribution in [0.15, 0.2) is 91.0 Å². The molecular weight excluding hydrogens is 453 g/mol. The Morgan fingerprint density at radius 1 is 0.806 bits per heavy atom. The minimum atomic E-state index is -0.470. The Labute approximate surface area is 206 Å². The van der Waals surface area contributed by atoms with E-state index in [2.05, 4.69) is 0 Å². The van der Waals surface area contributed by atoms with E-state index in [1.807, 2.05) is 72.8 Å². The number of carbonyl (C=O) groups excluding carboxylic acids is 1. The van der Waals surface area contributed by atoms with E-state index in [9.17, 15) is 4.79 Å². The summed E-state index contributed by atoms with van der Waals surface area (Å²) >= 11 is 0. The maximum absolute atomic E-state index is 15.3. The highest BCUT2D eigenvalue weighted by Gasteiger charge is 2.23. The van der Waals surface area contributed by atoms with Gasteiger partial charge in [0.2, 0.25) is 5.88 Å². The SMILES string of the molecule is CC(=O)Oc1c(Cc2ccccc2)nc2c(Cc3ccccc3)nc3c4ccccc4c(F)cc3n12. The number of imidazole rings is 1. The molecular formula is C30H22FN3O2. The first-order chi connectivity index (χ1) is 17.6. The van der Waals surface area contributed by atoms with Gasteiger partial charge in [-0.15, -0.1) is 0 Å². The van der Waals surface area contributed by atoms with E-state index >= 15 is 4.39 Å². The number of hydrogen-bond acceptors (Lipinski definition) is 4. The molecule has 4 aromatic carbocycles. The molecule has 36 heavy (non-hydrogen) atoms. The predicted molar refractivity (Wildman–Crippen MR) is 138 cm³/mol. The lowest BCUT2D eigenvalue weighted by atomic mass is 10.1. The van der Waals surface area contributed by atoms with Crippen LogP contribution in [0.1, 0.15) is 29.4 Å². The van der Waals surface area contributed by atoms with Gasteiger partial charge in [-0.25, -0.2) is 14.4 Å². The third kappa shape index (κ3) is 3.86. The van der Waals surface area contributed by atoms with Crippen LogP contribution in [0.5, 0.6) is 5.88 Å². The van der Waals surface area contributed by atoms with Crippen LogP contribution in [0.3, 0.4) is 0 Å². The van der Waals surface area contributed by atoms with Crippen molar-refractivity contribution in [1.29, 1.82) is 0 Å². The Balaban J connectivity index is 1.70. The van der Waals surface area contributed by atoms with Crippen LogP contribution in [0, 0.1) is 5.82 Å². The van der Waals surface area contributed by atoms with Crippen molar-refractivity contribution in [2.24, 2.45) is 0 Å². The largest absolute Gasteiger partial charge is 0.407 e. The maximum atomic E-state index is 15.3. The zero-order valence-electron chi connectivity index (χ0n) is 19.6. The van der Waals surface area contributed by atoms with E-state index in [4.69, 9.17) is 14.7 Å². The molecule has 5 nitrogen and oxygen atoms in total. The maximum Gasteiger partial charge on any atom is 0.309 e. The average molecular weight is 476 g/mol. The van der Waals surface area contributed by atoms with Crippen LogP contribution in [0.4, 0.5) is 4.39 Å². The summed E-state index contributed by atoms with van der Waals surface area (Å²) in [5, 5.41) is 1.18. The van der Waals surface area contributed by atoms with Crippen LogP contribution < -0.4 is 4.74 Å². The van der Waals surface area contributed by atoms with Crippen molar-refractivity contribution in [3.8, 4) is 5.88 Å². The molecule has 176 valence electrons.